The van der Waals surface area contributed by atoms with Crippen molar-refractivity contribution in [3.05, 3.63) is 35.4 Å². The molecule has 2 heterocycles. The molecule has 136 valence electrons. The molecule has 3 atom stereocenters. The monoisotopic (exact) mass is 348 g/mol. The molecule has 3 unspecified atom stereocenters. The summed E-state index contributed by atoms with van der Waals surface area (Å²) in [5.74, 6) is -0.962. The number of carboxylic acid groups (broad SMARTS) is 1. The quantitative estimate of drug-likeness (QED) is 0.870. The molecule has 1 spiro atoms. The Morgan fingerprint density at radius 2 is 2.04 bits per heavy atom. The first kappa shape index (κ1) is 17.7. The number of nitrogens with zero attached hydrogens (tertiary/aromatic N) is 1. The second-order valence-corrected chi connectivity index (χ2v) is 6.80. The van der Waals surface area contributed by atoms with Crippen molar-refractivity contribution in [1.82, 2.24) is 10.2 Å². The van der Waals surface area contributed by atoms with E-state index in [2.05, 4.69) is 5.32 Å². The second-order valence-electron chi connectivity index (χ2n) is 6.80. The molecule has 7 nitrogen and oxygen atoms in total. The van der Waals surface area contributed by atoms with Crippen LogP contribution < -0.4 is 5.32 Å². The Kier molecular flexibility index (Phi) is 4.96. The van der Waals surface area contributed by atoms with Gasteiger partial charge < -0.3 is 24.8 Å². The van der Waals surface area contributed by atoms with Gasteiger partial charge in [0.15, 0.2) is 0 Å². The van der Waals surface area contributed by atoms with Crippen LogP contribution >= 0.6 is 0 Å². The van der Waals surface area contributed by atoms with Crippen LogP contribution in [0.2, 0.25) is 0 Å². The van der Waals surface area contributed by atoms with Gasteiger partial charge in [0.25, 0.3) is 0 Å². The Morgan fingerprint density at radius 3 is 2.64 bits per heavy atom. The summed E-state index contributed by atoms with van der Waals surface area (Å²) in [5.41, 5.74) is 0.666. The van der Waals surface area contributed by atoms with Crippen molar-refractivity contribution in [2.24, 2.45) is 0 Å². The summed E-state index contributed by atoms with van der Waals surface area (Å²) in [6.07, 6.45) is 0.714. The fourth-order valence-corrected chi connectivity index (χ4v) is 3.51. The predicted molar refractivity (Wildman–Crippen MR) is 90.5 cm³/mol. The SMILES string of the molecule is CC1CN(C(=O)NCc2ccc(C(=O)O)cc2)CC2(CCOC2C)O1. The van der Waals surface area contributed by atoms with Gasteiger partial charge in [-0.15, -0.1) is 0 Å². The molecule has 2 saturated heterocycles. The second kappa shape index (κ2) is 7.01. The number of hydrogen-bond donors (Lipinski definition) is 2. The molecular formula is C18H24N2O5. The summed E-state index contributed by atoms with van der Waals surface area (Å²) in [5, 5.41) is 11.8. The number of ether oxygens (including phenoxy) is 2. The molecule has 0 bridgehead atoms. The van der Waals surface area contributed by atoms with E-state index in [-0.39, 0.29) is 23.8 Å². The number of amides is 2. The van der Waals surface area contributed by atoms with E-state index in [1.807, 2.05) is 13.8 Å². The third-order valence-electron chi connectivity index (χ3n) is 4.94. The third kappa shape index (κ3) is 3.77. The zero-order valence-corrected chi connectivity index (χ0v) is 14.5. The van der Waals surface area contributed by atoms with Crippen LogP contribution in [0.4, 0.5) is 4.79 Å². The fraction of sp³-hybridized carbons (Fsp3) is 0.556. The number of carbonyl (C=O) groups is 2. The van der Waals surface area contributed by atoms with Gasteiger partial charge in [-0.2, -0.15) is 0 Å². The summed E-state index contributed by atoms with van der Waals surface area (Å²) < 4.78 is 11.8. The third-order valence-corrected chi connectivity index (χ3v) is 4.94. The lowest BCUT2D eigenvalue weighted by molar-refractivity contribution is -0.159. The van der Waals surface area contributed by atoms with Gasteiger partial charge in [0.05, 0.1) is 24.3 Å². The maximum absolute atomic E-state index is 12.6. The summed E-state index contributed by atoms with van der Waals surface area (Å²) in [6, 6.07) is 6.34. The Morgan fingerprint density at radius 1 is 1.32 bits per heavy atom. The van der Waals surface area contributed by atoms with Gasteiger partial charge in [-0.25, -0.2) is 9.59 Å². The maximum atomic E-state index is 12.6. The molecule has 1 aromatic rings. The standard InChI is InChI=1S/C18H24N2O5/c1-12-10-20(11-18(25-12)7-8-24-13(18)2)17(23)19-9-14-3-5-15(6-4-14)16(21)22/h3-6,12-13H,7-11H2,1-2H3,(H,19,23)(H,21,22). The average Bonchev–Trinajstić information content (AvgIpc) is 2.92. The van der Waals surface area contributed by atoms with E-state index in [0.29, 0.717) is 26.2 Å². The fourth-order valence-electron chi connectivity index (χ4n) is 3.51. The molecule has 0 aliphatic carbocycles. The number of carbonyl (C=O) groups excluding carboxylic acids is 1. The number of urea groups is 1. The largest absolute Gasteiger partial charge is 0.478 e. The Hall–Kier alpha value is -2.12. The normalized spacial score (nSPS) is 29.0. The molecule has 0 saturated carbocycles. The number of rotatable bonds is 3. The molecule has 2 aliphatic rings. The molecule has 2 amide bonds. The first-order valence-corrected chi connectivity index (χ1v) is 8.54. The van der Waals surface area contributed by atoms with E-state index in [1.165, 1.54) is 12.1 Å². The minimum absolute atomic E-state index is 0.0332. The van der Waals surface area contributed by atoms with Crippen LogP contribution in [0.5, 0.6) is 0 Å². The van der Waals surface area contributed by atoms with Gasteiger partial charge in [-0.05, 0) is 31.5 Å². The van der Waals surface area contributed by atoms with Crippen LogP contribution in [0.15, 0.2) is 24.3 Å². The van der Waals surface area contributed by atoms with Gasteiger partial charge in [-0.3, -0.25) is 0 Å². The van der Waals surface area contributed by atoms with Crippen LogP contribution in [0.3, 0.4) is 0 Å². The highest BCUT2D eigenvalue weighted by Crippen LogP contribution is 2.35. The first-order valence-electron chi connectivity index (χ1n) is 8.54. The van der Waals surface area contributed by atoms with E-state index in [9.17, 15) is 9.59 Å². The molecular weight excluding hydrogens is 324 g/mol. The van der Waals surface area contributed by atoms with Crippen LogP contribution in [0, 0.1) is 0 Å². The highest BCUT2D eigenvalue weighted by molar-refractivity contribution is 5.87. The zero-order chi connectivity index (χ0) is 18.0. The lowest BCUT2D eigenvalue weighted by Gasteiger charge is -2.45. The average molecular weight is 348 g/mol. The number of carboxylic acids is 1. The van der Waals surface area contributed by atoms with Crippen molar-refractivity contribution < 1.29 is 24.2 Å². The molecule has 7 heteroatoms. The minimum Gasteiger partial charge on any atom is -0.478 e. The van der Waals surface area contributed by atoms with E-state index >= 15 is 0 Å². The Labute approximate surface area is 146 Å². The molecule has 0 radical (unpaired) electrons. The van der Waals surface area contributed by atoms with E-state index < -0.39 is 11.6 Å². The van der Waals surface area contributed by atoms with E-state index in [1.54, 1.807) is 17.0 Å². The number of nitrogens with one attached hydrogen (secondary N) is 1. The van der Waals surface area contributed by atoms with Crippen LogP contribution in [0.1, 0.15) is 36.2 Å². The minimum atomic E-state index is -0.962. The molecule has 0 aromatic heterocycles. The Balaban J connectivity index is 1.59. The number of aromatic carboxylic acids is 1. The van der Waals surface area contributed by atoms with Crippen LogP contribution in [-0.2, 0) is 16.0 Å². The summed E-state index contributed by atoms with van der Waals surface area (Å²) >= 11 is 0. The van der Waals surface area contributed by atoms with Gasteiger partial charge in [0.2, 0.25) is 0 Å². The summed E-state index contributed by atoms with van der Waals surface area (Å²) in [4.78, 5) is 25.2. The number of benzene rings is 1. The lowest BCUT2D eigenvalue weighted by Crippen LogP contribution is -2.60. The van der Waals surface area contributed by atoms with Crippen LogP contribution in [-0.4, -0.2) is 59.5 Å². The maximum Gasteiger partial charge on any atom is 0.335 e. The zero-order valence-electron chi connectivity index (χ0n) is 14.5. The predicted octanol–water partition coefficient (Wildman–Crippen LogP) is 1.86. The molecule has 3 rings (SSSR count). The van der Waals surface area contributed by atoms with Gasteiger partial charge >= 0.3 is 12.0 Å². The number of hydrogen-bond acceptors (Lipinski definition) is 4. The van der Waals surface area contributed by atoms with Crippen molar-refractivity contribution >= 4 is 12.0 Å². The van der Waals surface area contributed by atoms with Gasteiger partial charge in [-0.1, -0.05) is 12.1 Å². The molecule has 1 aromatic carbocycles. The highest BCUT2D eigenvalue weighted by Gasteiger charge is 2.48. The van der Waals surface area contributed by atoms with Gasteiger partial charge in [0.1, 0.15) is 5.60 Å². The molecule has 2 fully saturated rings. The lowest BCUT2D eigenvalue weighted by atomic mass is 9.93. The summed E-state index contributed by atoms with van der Waals surface area (Å²) in [6.45, 7) is 6.02. The highest BCUT2D eigenvalue weighted by atomic mass is 16.6. The van der Waals surface area contributed by atoms with Crippen molar-refractivity contribution in [3.8, 4) is 0 Å². The van der Waals surface area contributed by atoms with Crippen molar-refractivity contribution in [3.63, 3.8) is 0 Å². The number of morpholine rings is 1. The van der Waals surface area contributed by atoms with E-state index in [4.69, 9.17) is 14.6 Å². The molecule has 25 heavy (non-hydrogen) atoms. The topological polar surface area (TPSA) is 88.1 Å². The van der Waals surface area contributed by atoms with Crippen LogP contribution in [0.25, 0.3) is 0 Å². The first-order chi connectivity index (χ1) is 11.9. The van der Waals surface area contributed by atoms with Crippen molar-refractivity contribution in [2.75, 3.05) is 19.7 Å². The van der Waals surface area contributed by atoms with Crippen molar-refractivity contribution in [1.29, 1.82) is 0 Å². The van der Waals surface area contributed by atoms with Crippen molar-refractivity contribution in [2.45, 2.75) is 44.6 Å². The summed E-state index contributed by atoms with van der Waals surface area (Å²) in [7, 11) is 0. The Bertz CT molecular complexity index is 647. The van der Waals surface area contributed by atoms with E-state index in [0.717, 1.165) is 12.0 Å². The molecule has 2 aliphatic heterocycles. The van der Waals surface area contributed by atoms with Gasteiger partial charge in [0, 0.05) is 26.1 Å². The molecule has 2 N–H and O–H groups in total. The smallest absolute Gasteiger partial charge is 0.335 e.